The first kappa shape index (κ1) is 14.0. The molecular formula is C12H12ClN3. The molecule has 2 aromatic rings. The van der Waals surface area contributed by atoms with Crippen molar-refractivity contribution in [3.63, 3.8) is 0 Å². The molecule has 0 aromatic heterocycles. The molecule has 0 heterocycles. The highest BCUT2D eigenvalue weighted by molar-refractivity contribution is 5.42. The number of nitrogens with zero attached hydrogens (tertiary/aromatic N) is 2. The molecule has 0 aliphatic rings. The van der Waals surface area contributed by atoms with Gasteiger partial charge in [-0.05, 0) is 12.1 Å². The number of diazo groups is 1. The van der Waals surface area contributed by atoms with Crippen molar-refractivity contribution in [1.82, 2.24) is 0 Å². The van der Waals surface area contributed by atoms with Crippen LogP contribution >= 0.6 is 0 Å². The molecular weight excluding hydrogens is 222 g/mol. The molecule has 16 heavy (non-hydrogen) atoms. The van der Waals surface area contributed by atoms with E-state index in [0.717, 1.165) is 5.69 Å². The monoisotopic (exact) mass is 233 g/mol. The van der Waals surface area contributed by atoms with Gasteiger partial charge in [-0.1, -0.05) is 36.4 Å². The fraction of sp³-hybridized carbons (Fsp3) is 0. The van der Waals surface area contributed by atoms with E-state index in [9.17, 15) is 0 Å². The Labute approximate surface area is 101 Å². The summed E-state index contributed by atoms with van der Waals surface area (Å²) >= 11 is 0. The number of halogens is 1. The summed E-state index contributed by atoms with van der Waals surface area (Å²) in [6.07, 6.45) is 0. The smallest absolute Gasteiger partial charge is 0.385 e. The standard InChI is InChI=1S/C6H5N2.C6H7N.ClH/c7-8-6-4-2-1-3-5-6;7-6-4-2-1-3-5-6;/h1-5H;1-5H,7H2;1H/q+1;;/p-1. The number of nitrogen functional groups attached to an aromatic ring is 1. The van der Waals surface area contributed by atoms with Gasteiger partial charge in [-0.15, -0.1) is 0 Å². The quantitative estimate of drug-likeness (QED) is 0.531. The summed E-state index contributed by atoms with van der Waals surface area (Å²) in [4.78, 5) is 2.97. The Morgan fingerprint density at radius 2 is 1.25 bits per heavy atom. The third-order valence-corrected chi connectivity index (χ3v) is 1.67. The van der Waals surface area contributed by atoms with Gasteiger partial charge in [0.05, 0.1) is 0 Å². The van der Waals surface area contributed by atoms with Crippen molar-refractivity contribution in [2.24, 2.45) is 0 Å². The molecule has 0 atom stereocenters. The van der Waals surface area contributed by atoms with Gasteiger partial charge in [0.15, 0.2) is 4.98 Å². The summed E-state index contributed by atoms with van der Waals surface area (Å²) in [7, 11) is 0. The molecule has 0 saturated carbocycles. The van der Waals surface area contributed by atoms with E-state index < -0.39 is 0 Å². The molecule has 2 rings (SSSR count). The number of rotatable bonds is 0. The van der Waals surface area contributed by atoms with E-state index in [1.165, 1.54) is 0 Å². The molecule has 0 aliphatic carbocycles. The average Bonchev–Trinajstić information content (AvgIpc) is 2.32. The van der Waals surface area contributed by atoms with E-state index in [0.29, 0.717) is 5.69 Å². The number of hydrogen-bond acceptors (Lipinski definition) is 2. The average molecular weight is 234 g/mol. The van der Waals surface area contributed by atoms with Gasteiger partial charge < -0.3 is 18.1 Å². The Morgan fingerprint density at radius 1 is 0.812 bits per heavy atom. The highest BCUT2D eigenvalue weighted by atomic mass is 35.5. The van der Waals surface area contributed by atoms with E-state index in [2.05, 4.69) is 4.98 Å². The Kier molecular flexibility index (Phi) is 7.21. The van der Waals surface area contributed by atoms with Crippen molar-refractivity contribution in [3.05, 3.63) is 65.6 Å². The highest BCUT2D eigenvalue weighted by Gasteiger charge is 1.95. The minimum absolute atomic E-state index is 0. The van der Waals surface area contributed by atoms with Gasteiger partial charge in [0.2, 0.25) is 5.39 Å². The summed E-state index contributed by atoms with van der Waals surface area (Å²) < 4.78 is 0. The van der Waals surface area contributed by atoms with E-state index in [4.69, 9.17) is 11.1 Å². The van der Waals surface area contributed by atoms with Crippen LogP contribution < -0.4 is 18.1 Å². The SMILES string of the molecule is N#[N+]c1ccccc1.Nc1ccccc1.[Cl-]. The van der Waals surface area contributed by atoms with Crippen LogP contribution in [-0.2, 0) is 0 Å². The summed E-state index contributed by atoms with van der Waals surface area (Å²) in [6, 6.07) is 18.4. The summed E-state index contributed by atoms with van der Waals surface area (Å²) in [5.41, 5.74) is 6.77. The van der Waals surface area contributed by atoms with Gasteiger partial charge in [0.25, 0.3) is 0 Å². The van der Waals surface area contributed by atoms with Gasteiger partial charge in [-0.3, -0.25) is 0 Å². The maximum atomic E-state index is 8.16. The number of benzene rings is 2. The number of hydrogen-bond donors (Lipinski definition) is 1. The first-order valence-corrected chi connectivity index (χ1v) is 4.53. The van der Waals surface area contributed by atoms with E-state index in [1.807, 2.05) is 48.5 Å². The number of nitrogens with two attached hydrogens (primary N) is 1. The molecule has 0 bridgehead atoms. The molecule has 2 aromatic carbocycles. The van der Waals surface area contributed by atoms with Crippen molar-refractivity contribution >= 4 is 11.4 Å². The van der Waals surface area contributed by atoms with E-state index >= 15 is 0 Å². The van der Waals surface area contributed by atoms with E-state index in [-0.39, 0.29) is 12.4 Å². The lowest BCUT2D eigenvalue weighted by atomic mass is 10.3. The molecule has 0 aliphatic heterocycles. The topological polar surface area (TPSA) is 54.2 Å². The van der Waals surface area contributed by atoms with Crippen molar-refractivity contribution in [3.8, 4) is 0 Å². The van der Waals surface area contributed by atoms with Gasteiger partial charge in [0.1, 0.15) is 0 Å². The van der Waals surface area contributed by atoms with Crippen LogP contribution in [0.4, 0.5) is 11.4 Å². The van der Waals surface area contributed by atoms with Crippen molar-refractivity contribution in [2.75, 3.05) is 5.73 Å². The lowest BCUT2D eigenvalue weighted by molar-refractivity contribution is -0.00000330. The van der Waals surface area contributed by atoms with Crippen LogP contribution in [0.5, 0.6) is 0 Å². The van der Waals surface area contributed by atoms with Crippen molar-refractivity contribution < 1.29 is 12.4 Å². The summed E-state index contributed by atoms with van der Waals surface area (Å²) in [5, 5.41) is 8.16. The summed E-state index contributed by atoms with van der Waals surface area (Å²) in [6.45, 7) is 0. The second-order valence-electron chi connectivity index (χ2n) is 2.85. The van der Waals surface area contributed by atoms with Crippen molar-refractivity contribution in [2.45, 2.75) is 0 Å². The maximum absolute atomic E-state index is 8.16. The van der Waals surface area contributed by atoms with Crippen LogP contribution in [-0.4, -0.2) is 0 Å². The largest absolute Gasteiger partial charge is 1.00 e. The Bertz CT molecular complexity index is 423. The Morgan fingerprint density at radius 3 is 1.50 bits per heavy atom. The van der Waals surface area contributed by atoms with Gasteiger partial charge >= 0.3 is 5.69 Å². The molecule has 0 radical (unpaired) electrons. The third-order valence-electron chi connectivity index (χ3n) is 1.67. The fourth-order valence-corrected chi connectivity index (χ4v) is 0.948. The number of para-hydroxylation sites is 1. The highest BCUT2D eigenvalue weighted by Crippen LogP contribution is 2.07. The predicted molar refractivity (Wildman–Crippen MR) is 62.0 cm³/mol. The van der Waals surface area contributed by atoms with Crippen LogP contribution in [0, 0.1) is 5.39 Å². The molecule has 4 heteroatoms. The first-order valence-electron chi connectivity index (χ1n) is 4.53. The summed E-state index contributed by atoms with van der Waals surface area (Å²) in [5.74, 6) is 0. The number of anilines is 1. The molecule has 3 nitrogen and oxygen atoms in total. The van der Waals surface area contributed by atoms with Crippen LogP contribution in [0.2, 0.25) is 0 Å². The van der Waals surface area contributed by atoms with Crippen molar-refractivity contribution in [1.29, 1.82) is 5.39 Å². The lowest BCUT2D eigenvalue weighted by Gasteiger charge is -1.83. The molecule has 82 valence electrons. The molecule has 0 unspecified atom stereocenters. The van der Waals surface area contributed by atoms with Gasteiger partial charge in [0, 0.05) is 17.8 Å². The van der Waals surface area contributed by atoms with Gasteiger partial charge in [-0.2, -0.15) is 0 Å². The zero-order chi connectivity index (χ0) is 10.9. The second-order valence-corrected chi connectivity index (χ2v) is 2.85. The minimum atomic E-state index is 0. The normalized spacial score (nSPS) is 7.69. The molecule has 0 saturated heterocycles. The van der Waals surface area contributed by atoms with Crippen LogP contribution in [0.3, 0.4) is 0 Å². The van der Waals surface area contributed by atoms with Gasteiger partial charge in [-0.25, -0.2) is 0 Å². The minimum Gasteiger partial charge on any atom is -1.00 e. The molecule has 2 N–H and O–H groups in total. The van der Waals surface area contributed by atoms with Crippen LogP contribution in [0.15, 0.2) is 60.7 Å². The molecule has 0 amide bonds. The first-order chi connectivity index (χ1) is 7.33. The molecule has 0 fully saturated rings. The van der Waals surface area contributed by atoms with Crippen LogP contribution in [0.25, 0.3) is 4.98 Å². The maximum Gasteiger partial charge on any atom is 0.385 e. The Balaban J connectivity index is 0.000000267. The lowest BCUT2D eigenvalue weighted by Crippen LogP contribution is -3.00. The predicted octanol–water partition coefficient (Wildman–Crippen LogP) is 0.444. The van der Waals surface area contributed by atoms with E-state index in [1.54, 1.807) is 12.1 Å². The zero-order valence-corrected chi connectivity index (χ0v) is 9.38. The van der Waals surface area contributed by atoms with Crippen LogP contribution in [0.1, 0.15) is 0 Å². The Hall–Kier alpha value is -2.05. The third kappa shape index (κ3) is 5.63. The fourth-order valence-electron chi connectivity index (χ4n) is 0.948. The molecule has 0 spiro atoms. The zero-order valence-electron chi connectivity index (χ0n) is 8.62. The second kappa shape index (κ2) is 8.27.